The first-order valence-electron chi connectivity index (χ1n) is 6.76. The zero-order valence-corrected chi connectivity index (χ0v) is 12.2. The van der Waals surface area contributed by atoms with Crippen molar-refractivity contribution < 1.29 is 14.6 Å². The summed E-state index contributed by atoms with van der Waals surface area (Å²) in [6.45, 7) is 0.989. The van der Waals surface area contributed by atoms with Crippen LogP contribution in [0.25, 0.3) is 0 Å². The molecule has 0 aliphatic carbocycles. The normalized spacial score (nSPS) is 22.4. The van der Waals surface area contributed by atoms with Crippen LogP contribution < -0.4 is 4.74 Å². The number of ether oxygens (including phenoxy) is 1. The summed E-state index contributed by atoms with van der Waals surface area (Å²) in [5.74, 6) is 0.796. The number of methoxy groups -OCH3 is 1. The summed E-state index contributed by atoms with van der Waals surface area (Å²) in [6, 6.07) is 7.53. The topological polar surface area (TPSA) is 53.0 Å². The number of carbonyl (C=O) groups excluding carboxylic acids is 1. The van der Waals surface area contributed by atoms with Gasteiger partial charge in [0.15, 0.2) is 0 Å². The Morgan fingerprint density at radius 2 is 2.20 bits per heavy atom. The van der Waals surface area contributed by atoms with Crippen molar-refractivity contribution in [2.45, 2.75) is 18.6 Å². The van der Waals surface area contributed by atoms with Gasteiger partial charge >= 0.3 is 0 Å². The number of likely N-dealkylation sites (tertiary alicyclic amines) is 1. The molecule has 0 radical (unpaired) electrons. The fourth-order valence-corrected chi connectivity index (χ4v) is 2.55. The first kappa shape index (κ1) is 14.8. The number of hydrogen-bond donors (Lipinski definition) is 1. The predicted octanol–water partition coefficient (Wildman–Crippen LogP) is 0.371. The minimum Gasteiger partial charge on any atom is -0.497 e. The zero-order chi connectivity index (χ0) is 14.7. The lowest BCUT2D eigenvalue weighted by Crippen LogP contribution is -2.38. The molecule has 0 spiro atoms. The van der Waals surface area contributed by atoms with Crippen LogP contribution in [-0.2, 0) is 11.2 Å². The van der Waals surface area contributed by atoms with Crippen molar-refractivity contribution in [3.63, 3.8) is 0 Å². The van der Waals surface area contributed by atoms with Gasteiger partial charge < -0.3 is 19.6 Å². The van der Waals surface area contributed by atoms with Gasteiger partial charge in [-0.3, -0.25) is 4.79 Å². The third kappa shape index (κ3) is 3.29. The van der Waals surface area contributed by atoms with Gasteiger partial charge in [0.25, 0.3) is 0 Å². The maximum Gasteiger partial charge on any atom is 0.227 e. The van der Waals surface area contributed by atoms with E-state index in [-0.39, 0.29) is 11.9 Å². The molecule has 1 aliphatic rings. The highest BCUT2D eigenvalue weighted by Crippen LogP contribution is 2.17. The van der Waals surface area contributed by atoms with Gasteiger partial charge in [0.05, 0.1) is 25.7 Å². The number of aliphatic hydroxyl groups excluding tert-OH is 1. The predicted molar refractivity (Wildman–Crippen MR) is 76.8 cm³/mol. The molecule has 1 aromatic rings. The van der Waals surface area contributed by atoms with Crippen molar-refractivity contribution in [2.75, 3.05) is 34.3 Å². The van der Waals surface area contributed by atoms with Crippen LogP contribution in [0.3, 0.4) is 0 Å². The number of benzene rings is 1. The quantitative estimate of drug-likeness (QED) is 0.864. The summed E-state index contributed by atoms with van der Waals surface area (Å²) in [5, 5.41) is 9.97. The summed E-state index contributed by atoms with van der Waals surface area (Å²) in [5.41, 5.74) is 0.928. The van der Waals surface area contributed by atoms with Gasteiger partial charge in [-0.15, -0.1) is 0 Å². The fraction of sp³-hybridized carbons (Fsp3) is 0.533. The molecule has 1 heterocycles. The summed E-state index contributed by atoms with van der Waals surface area (Å²) in [4.78, 5) is 16.0. The number of hydrogen-bond acceptors (Lipinski definition) is 4. The Labute approximate surface area is 119 Å². The van der Waals surface area contributed by atoms with Crippen molar-refractivity contribution in [1.82, 2.24) is 9.80 Å². The number of amides is 1. The van der Waals surface area contributed by atoms with Crippen molar-refractivity contribution >= 4 is 5.91 Å². The van der Waals surface area contributed by atoms with Gasteiger partial charge in [-0.1, -0.05) is 12.1 Å². The molecule has 5 heteroatoms. The van der Waals surface area contributed by atoms with Crippen LogP contribution in [0.2, 0.25) is 0 Å². The van der Waals surface area contributed by atoms with E-state index in [4.69, 9.17) is 4.74 Å². The van der Waals surface area contributed by atoms with Gasteiger partial charge in [-0.05, 0) is 31.8 Å². The number of rotatable bonds is 4. The molecule has 1 aromatic carbocycles. The standard InChI is InChI=1S/C15H22N2O3/c1-16(2)13-9-17(10-14(13)18)15(19)8-11-5-4-6-12(7-11)20-3/h4-7,13-14,18H,8-10H2,1-3H3/t13-,14-/m1/s1. The molecular weight excluding hydrogens is 256 g/mol. The van der Waals surface area contributed by atoms with E-state index in [0.29, 0.717) is 19.5 Å². The molecular formula is C15H22N2O3. The van der Waals surface area contributed by atoms with E-state index in [0.717, 1.165) is 11.3 Å². The minimum atomic E-state index is -0.473. The Morgan fingerprint density at radius 1 is 1.45 bits per heavy atom. The third-order valence-electron chi connectivity index (χ3n) is 3.76. The number of aliphatic hydroxyl groups is 1. The van der Waals surface area contributed by atoms with E-state index in [2.05, 4.69) is 0 Å². The van der Waals surface area contributed by atoms with Crippen molar-refractivity contribution in [1.29, 1.82) is 0 Å². The van der Waals surface area contributed by atoms with E-state index in [1.165, 1.54) is 0 Å². The van der Waals surface area contributed by atoms with E-state index < -0.39 is 6.10 Å². The second-order valence-electron chi connectivity index (χ2n) is 5.43. The van der Waals surface area contributed by atoms with Gasteiger partial charge in [-0.2, -0.15) is 0 Å². The maximum absolute atomic E-state index is 12.3. The van der Waals surface area contributed by atoms with Crippen molar-refractivity contribution in [2.24, 2.45) is 0 Å². The van der Waals surface area contributed by atoms with Crippen LogP contribution in [0, 0.1) is 0 Å². The van der Waals surface area contributed by atoms with Crippen LogP contribution in [-0.4, -0.2) is 67.3 Å². The molecule has 1 N–H and O–H groups in total. The zero-order valence-electron chi connectivity index (χ0n) is 12.2. The van der Waals surface area contributed by atoms with Crippen LogP contribution in [0.1, 0.15) is 5.56 Å². The lowest BCUT2D eigenvalue weighted by atomic mass is 10.1. The number of likely N-dealkylation sites (N-methyl/N-ethyl adjacent to an activating group) is 1. The molecule has 0 aromatic heterocycles. The highest BCUT2D eigenvalue weighted by atomic mass is 16.5. The van der Waals surface area contributed by atoms with Crippen LogP contribution in [0.5, 0.6) is 5.75 Å². The average molecular weight is 278 g/mol. The van der Waals surface area contributed by atoms with E-state index in [1.54, 1.807) is 12.0 Å². The number of nitrogens with zero attached hydrogens (tertiary/aromatic N) is 2. The van der Waals surface area contributed by atoms with Gasteiger partial charge in [0.1, 0.15) is 5.75 Å². The SMILES string of the molecule is COc1cccc(CC(=O)N2C[C@@H](O)[C@H](N(C)C)C2)c1. The Hall–Kier alpha value is -1.59. The first-order chi connectivity index (χ1) is 9.51. The van der Waals surface area contributed by atoms with Gasteiger partial charge in [0, 0.05) is 13.1 Å². The molecule has 0 bridgehead atoms. The lowest BCUT2D eigenvalue weighted by Gasteiger charge is -2.21. The number of β-amino-alcohol motifs (C(OH)–C–C–N with tert-alkyl or cyclic N) is 1. The smallest absolute Gasteiger partial charge is 0.227 e. The van der Waals surface area contributed by atoms with Crippen molar-refractivity contribution in [3.8, 4) is 5.75 Å². The summed E-state index contributed by atoms with van der Waals surface area (Å²) >= 11 is 0. The van der Waals surface area contributed by atoms with E-state index in [9.17, 15) is 9.90 Å². The summed E-state index contributed by atoms with van der Waals surface area (Å²) < 4.78 is 5.16. The molecule has 0 saturated carbocycles. The largest absolute Gasteiger partial charge is 0.497 e. The molecule has 110 valence electrons. The second-order valence-corrected chi connectivity index (χ2v) is 5.43. The molecule has 1 fully saturated rings. The molecule has 1 saturated heterocycles. The molecule has 20 heavy (non-hydrogen) atoms. The molecule has 1 amide bonds. The Bertz CT molecular complexity index is 476. The third-order valence-corrected chi connectivity index (χ3v) is 3.76. The molecule has 5 nitrogen and oxygen atoms in total. The van der Waals surface area contributed by atoms with Crippen LogP contribution >= 0.6 is 0 Å². The van der Waals surface area contributed by atoms with Crippen LogP contribution in [0.15, 0.2) is 24.3 Å². The van der Waals surface area contributed by atoms with Crippen molar-refractivity contribution in [3.05, 3.63) is 29.8 Å². The number of carbonyl (C=O) groups is 1. The molecule has 1 aliphatic heterocycles. The Kier molecular flexibility index (Phi) is 4.62. The van der Waals surface area contributed by atoms with Gasteiger partial charge in [0.2, 0.25) is 5.91 Å². The van der Waals surface area contributed by atoms with Gasteiger partial charge in [-0.25, -0.2) is 0 Å². The summed E-state index contributed by atoms with van der Waals surface area (Å²) in [6.07, 6.45) is -0.136. The molecule has 2 atom stereocenters. The Balaban J connectivity index is 1.99. The monoisotopic (exact) mass is 278 g/mol. The highest BCUT2D eigenvalue weighted by molar-refractivity contribution is 5.79. The lowest BCUT2D eigenvalue weighted by molar-refractivity contribution is -0.129. The maximum atomic E-state index is 12.3. The Morgan fingerprint density at radius 3 is 2.80 bits per heavy atom. The van der Waals surface area contributed by atoms with E-state index >= 15 is 0 Å². The second kappa shape index (κ2) is 6.24. The average Bonchev–Trinajstić information content (AvgIpc) is 2.81. The molecule has 2 rings (SSSR count). The first-order valence-corrected chi connectivity index (χ1v) is 6.76. The highest BCUT2D eigenvalue weighted by Gasteiger charge is 2.34. The molecule has 0 unspecified atom stereocenters. The summed E-state index contributed by atoms with van der Waals surface area (Å²) in [7, 11) is 5.45. The fourth-order valence-electron chi connectivity index (χ4n) is 2.55. The minimum absolute atomic E-state index is 0.0178. The van der Waals surface area contributed by atoms with Crippen LogP contribution in [0.4, 0.5) is 0 Å². The van der Waals surface area contributed by atoms with E-state index in [1.807, 2.05) is 43.3 Å².